The van der Waals surface area contributed by atoms with E-state index in [2.05, 4.69) is 34.3 Å². The van der Waals surface area contributed by atoms with Crippen molar-refractivity contribution in [2.75, 3.05) is 20.6 Å². The van der Waals surface area contributed by atoms with Crippen LogP contribution in [-0.2, 0) is 0 Å². The molecule has 1 atom stereocenters. The second-order valence-electron chi connectivity index (χ2n) is 4.42. The third kappa shape index (κ3) is 3.62. The van der Waals surface area contributed by atoms with Gasteiger partial charge in [0, 0.05) is 12.6 Å². The Labute approximate surface area is 95.4 Å². The number of carbonyl (C=O) groups is 1. The minimum absolute atomic E-state index is 0.104. The Morgan fingerprint density at radius 1 is 1.56 bits per heavy atom. The molecular weight excluding hydrogens is 206 g/mol. The quantitative estimate of drug-likeness (QED) is 0.746. The van der Waals surface area contributed by atoms with Crippen LogP contribution in [0.3, 0.4) is 0 Å². The van der Waals surface area contributed by atoms with E-state index >= 15 is 0 Å². The van der Waals surface area contributed by atoms with E-state index in [0.717, 1.165) is 6.54 Å². The van der Waals surface area contributed by atoms with Gasteiger partial charge in [0.25, 0.3) is 5.91 Å². The molecule has 0 bridgehead atoms. The van der Waals surface area contributed by atoms with Crippen LogP contribution in [0.25, 0.3) is 0 Å². The third-order valence-electron chi connectivity index (χ3n) is 2.31. The molecule has 90 valence electrons. The lowest BCUT2D eigenvalue weighted by Gasteiger charge is -2.25. The smallest absolute Gasteiger partial charge is 0.288 e. The number of hydrogen-bond acceptors (Lipinski definition) is 4. The highest BCUT2D eigenvalue weighted by Crippen LogP contribution is 2.03. The zero-order valence-electron chi connectivity index (χ0n) is 10.2. The van der Waals surface area contributed by atoms with Crippen molar-refractivity contribution >= 4 is 5.91 Å². The normalized spacial score (nSPS) is 13.1. The number of likely N-dealkylation sites (N-methyl/N-ethyl adjacent to an activating group) is 1. The highest BCUT2D eigenvalue weighted by molar-refractivity contribution is 5.90. The summed E-state index contributed by atoms with van der Waals surface area (Å²) in [6.07, 6.45) is 1.32. The molecule has 0 aromatic carbocycles. The Hall–Kier alpha value is -1.43. The maximum Gasteiger partial charge on any atom is 0.288 e. The van der Waals surface area contributed by atoms with Gasteiger partial charge in [-0.05, 0) is 20.0 Å². The van der Waals surface area contributed by atoms with Gasteiger partial charge in [-0.2, -0.15) is 5.10 Å². The molecule has 6 heteroatoms. The van der Waals surface area contributed by atoms with E-state index < -0.39 is 0 Å². The largest absolute Gasteiger partial charge is 0.345 e. The highest BCUT2D eigenvalue weighted by atomic mass is 16.2. The maximum atomic E-state index is 11.7. The average molecular weight is 225 g/mol. The first-order valence-electron chi connectivity index (χ1n) is 5.31. The molecule has 0 aliphatic rings. The van der Waals surface area contributed by atoms with Gasteiger partial charge in [-0.25, -0.2) is 4.98 Å². The fraction of sp³-hybridized carbons (Fsp3) is 0.700. The number of aromatic amines is 1. The standard InChI is InChI=1S/C10H19N5O/c1-7(2)8(5-15(3)4)13-10(16)9-11-6-12-14-9/h6-8H,5H2,1-4H3,(H,13,16)(H,11,12,14). The van der Waals surface area contributed by atoms with E-state index in [1.165, 1.54) is 6.33 Å². The molecule has 0 aliphatic carbocycles. The lowest BCUT2D eigenvalue weighted by Crippen LogP contribution is -2.45. The second kappa shape index (κ2) is 5.60. The molecule has 0 aliphatic heterocycles. The molecule has 1 aromatic heterocycles. The SMILES string of the molecule is CC(C)C(CN(C)C)NC(=O)c1ncn[nH]1. The minimum Gasteiger partial charge on any atom is -0.345 e. The molecule has 1 amide bonds. The van der Waals surface area contributed by atoms with Crippen LogP contribution < -0.4 is 5.32 Å². The number of nitrogens with one attached hydrogen (secondary N) is 2. The van der Waals surface area contributed by atoms with E-state index in [1.807, 2.05) is 19.0 Å². The number of H-pyrrole nitrogens is 1. The van der Waals surface area contributed by atoms with Crippen LogP contribution in [0.1, 0.15) is 24.5 Å². The lowest BCUT2D eigenvalue weighted by molar-refractivity contribution is 0.0906. The summed E-state index contributed by atoms with van der Waals surface area (Å²) in [5.74, 6) is 0.414. The van der Waals surface area contributed by atoms with Crippen LogP contribution in [0, 0.1) is 5.92 Å². The molecule has 16 heavy (non-hydrogen) atoms. The Balaban J connectivity index is 2.58. The van der Waals surface area contributed by atoms with Crippen LogP contribution in [0.2, 0.25) is 0 Å². The van der Waals surface area contributed by atoms with E-state index in [9.17, 15) is 4.79 Å². The number of rotatable bonds is 5. The number of amides is 1. The highest BCUT2D eigenvalue weighted by Gasteiger charge is 2.19. The van der Waals surface area contributed by atoms with Gasteiger partial charge in [0.2, 0.25) is 5.82 Å². The molecule has 1 aromatic rings. The predicted molar refractivity (Wildman–Crippen MR) is 61.0 cm³/mol. The van der Waals surface area contributed by atoms with Gasteiger partial charge in [0.05, 0.1) is 0 Å². The Morgan fingerprint density at radius 2 is 2.25 bits per heavy atom. The van der Waals surface area contributed by atoms with E-state index in [1.54, 1.807) is 0 Å². The average Bonchev–Trinajstić information content (AvgIpc) is 2.68. The summed E-state index contributed by atoms with van der Waals surface area (Å²) in [7, 11) is 3.96. The molecule has 0 saturated carbocycles. The van der Waals surface area contributed by atoms with Gasteiger partial charge < -0.3 is 10.2 Å². The molecule has 0 fully saturated rings. The van der Waals surface area contributed by atoms with E-state index in [-0.39, 0.29) is 17.8 Å². The fourth-order valence-corrected chi connectivity index (χ4v) is 1.37. The summed E-state index contributed by atoms with van der Waals surface area (Å²) < 4.78 is 0. The van der Waals surface area contributed by atoms with Gasteiger partial charge in [0.15, 0.2) is 0 Å². The molecule has 1 rings (SSSR count). The summed E-state index contributed by atoms with van der Waals surface area (Å²) in [6, 6.07) is 0.104. The monoisotopic (exact) mass is 225 g/mol. The van der Waals surface area contributed by atoms with Gasteiger partial charge in [-0.15, -0.1) is 0 Å². The maximum absolute atomic E-state index is 11.7. The number of carbonyl (C=O) groups excluding carboxylic acids is 1. The van der Waals surface area contributed by atoms with Crippen molar-refractivity contribution in [3.63, 3.8) is 0 Å². The third-order valence-corrected chi connectivity index (χ3v) is 2.31. The Bertz CT molecular complexity index is 320. The van der Waals surface area contributed by atoms with Crippen molar-refractivity contribution < 1.29 is 4.79 Å². The first-order valence-corrected chi connectivity index (χ1v) is 5.31. The van der Waals surface area contributed by atoms with Crippen molar-refractivity contribution in [2.45, 2.75) is 19.9 Å². The summed E-state index contributed by atoms with van der Waals surface area (Å²) in [5.41, 5.74) is 0. The molecule has 0 radical (unpaired) electrons. The van der Waals surface area contributed by atoms with Crippen molar-refractivity contribution in [2.24, 2.45) is 5.92 Å². The zero-order valence-corrected chi connectivity index (χ0v) is 10.2. The second-order valence-corrected chi connectivity index (χ2v) is 4.42. The summed E-state index contributed by atoms with van der Waals surface area (Å²) in [6.45, 7) is 4.96. The fourth-order valence-electron chi connectivity index (χ4n) is 1.37. The minimum atomic E-state index is -0.210. The van der Waals surface area contributed by atoms with Crippen molar-refractivity contribution in [3.8, 4) is 0 Å². The topological polar surface area (TPSA) is 73.9 Å². The first kappa shape index (κ1) is 12.6. The lowest BCUT2D eigenvalue weighted by atomic mass is 10.0. The molecule has 0 saturated heterocycles. The zero-order chi connectivity index (χ0) is 12.1. The predicted octanol–water partition coefficient (Wildman–Crippen LogP) is 0.121. The summed E-state index contributed by atoms with van der Waals surface area (Å²) in [5, 5.41) is 9.13. The van der Waals surface area contributed by atoms with Crippen molar-refractivity contribution in [1.82, 2.24) is 25.4 Å². The van der Waals surface area contributed by atoms with Gasteiger partial charge in [-0.3, -0.25) is 9.89 Å². The summed E-state index contributed by atoms with van der Waals surface area (Å²) >= 11 is 0. The number of nitrogens with zero attached hydrogens (tertiary/aromatic N) is 3. The molecule has 1 heterocycles. The van der Waals surface area contributed by atoms with Crippen LogP contribution in [0.5, 0.6) is 0 Å². The van der Waals surface area contributed by atoms with Gasteiger partial charge >= 0.3 is 0 Å². The summed E-state index contributed by atoms with van der Waals surface area (Å²) in [4.78, 5) is 17.6. The molecule has 2 N–H and O–H groups in total. The van der Waals surface area contributed by atoms with Gasteiger partial charge in [-0.1, -0.05) is 13.8 Å². The molecule has 1 unspecified atom stereocenters. The van der Waals surface area contributed by atoms with Crippen molar-refractivity contribution in [1.29, 1.82) is 0 Å². The van der Waals surface area contributed by atoms with E-state index in [0.29, 0.717) is 5.92 Å². The molecular formula is C10H19N5O. The Morgan fingerprint density at radius 3 is 2.69 bits per heavy atom. The van der Waals surface area contributed by atoms with Crippen LogP contribution in [0.15, 0.2) is 6.33 Å². The van der Waals surface area contributed by atoms with Gasteiger partial charge in [0.1, 0.15) is 6.33 Å². The van der Waals surface area contributed by atoms with Crippen molar-refractivity contribution in [3.05, 3.63) is 12.2 Å². The van der Waals surface area contributed by atoms with Crippen LogP contribution in [-0.4, -0.2) is 52.7 Å². The first-order chi connectivity index (χ1) is 7.50. The van der Waals surface area contributed by atoms with Crippen LogP contribution >= 0.6 is 0 Å². The van der Waals surface area contributed by atoms with Crippen LogP contribution in [0.4, 0.5) is 0 Å². The molecule has 6 nitrogen and oxygen atoms in total. The number of hydrogen-bond donors (Lipinski definition) is 2. The van der Waals surface area contributed by atoms with E-state index in [4.69, 9.17) is 0 Å². The Kier molecular flexibility index (Phi) is 4.42. The number of aromatic nitrogens is 3. The molecule has 0 spiro atoms.